The molecule has 0 aliphatic carbocycles. The topological polar surface area (TPSA) is 69.4 Å². The molecule has 0 atom stereocenters. The maximum atomic E-state index is 13.2. The molecule has 0 saturated heterocycles. The monoisotopic (exact) mass is 295 g/mol. The zero-order chi connectivity index (χ0) is 14.8. The smallest absolute Gasteiger partial charge is 0.182 e. The van der Waals surface area contributed by atoms with Gasteiger partial charge in [0.25, 0.3) is 0 Å². The molecular formula is C14H14FNO3S. The molecule has 0 amide bonds. The standard InChI is InChI=1S/C14H14FNO3S/c1-19-12-3-2-4-13(8-12)20(17,18)9-10-7-11(15)5-6-14(10)16/h2-8H,9,16H2,1H3. The summed E-state index contributed by atoms with van der Waals surface area (Å²) in [6, 6.07) is 9.80. The zero-order valence-corrected chi connectivity index (χ0v) is 11.7. The van der Waals surface area contributed by atoms with Crippen LogP contribution < -0.4 is 10.5 Å². The Bertz CT molecular complexity index is 729. The Morgan fingerprint density at radius 1 is 1.20 bits per heavy atom. The van der Waals surface area contributed by atoms with E-state index in [4.69, 9.17) is 10.5 Å². The fourth-order valence-corrected chi connectivity index (χ4v) is 3.19. The van der Waals surface area contributed by atoms with Crippen molar-refractivity contribution in [3.05, 3.63) is 53.8 Å². The summed E-state index contributed by atoms with van der Waals surface area (Å²) in [6.45, 7) is 0. The fraction of sp³-hybridized carbons (Fsp3) is 0.143. The molecule has 0 radical (unpaired) electrons. The number of methoxy groups -OCH3 is 1. The molecule has 0 heterocycles. The van der Waals surface area contributed by atoms with E-state index in [1.165, 1.54) is 31.4 Å². The molecule has 4 nitrogen and oxygen atoms in total. The largest absolute Gasteiger partial charge is 0.497 e. The molecule has 0 spiro atoms. The Kier molecular flexibility index (Phi) is 3.94. The number of sulfone groups is 1. The van der Waals surface area contributed by atoms with E-state index >= 15 is 0 Å². The molecule has 0 aliphatic heterocycles. The van der Waals surface area contributed by atoms with Crippen molar-refractivity contribution >= 4 is 15.5 Å². The van der Waals surface area contributed by atoms with Crippen LogP contribution in [0.3, 0.4) is 0 Å². The molecule has 2 aromatic rings. The SMILES string of the molecule is COc1cccc(S(=O)(=O)Cc2cc(F)ccc2N)c1. The summed E-state index contributed by atoms with van der Waals surface area (Å²) in [5, 5.41) is 0. The van der Waals surface area contributed by atoms with Crippen molar-refractivity contribution in [1.29, 1.82) is 0 Å². The Hall–Kier alpha value is -2.08. The average Bonchev–Trinajstić information content (AvgIpc) is 2.43. The number of ether oxygens (including phenoxy) is 1. The van der Waals surface area contributed by atoms with E-state index in [0.717, 1.165) is 6.07 Å². The first kappa shape index (κ1) is 14.3. The fourth-order valence-electron chi connectivity index (χ4n) is 1.78. The first-order valence-electron chi connectivity index (χ1n) is 5.83. The van der Waals surface area contributed by atoms with Gasteiger partial charge in [0.15, 0.2) is 9.84 Å². The highest BCUT2D eigenvalue weighted by Crippen LogP contribution is 2.23. The number of anilines is 1. The molecule has 2 N–H and O–H groups in total. The lowest BCUT2D eigenvalue weighted by Crippen LogP contribution is -2.07. The number of nitrogens with two attached hydrogens (primary N) is 1. The Morgan fingerprint density at radius 2 is 1.95 bits per heavy atom. The van der Waals surface area contributed by atoms with Crippen molar-refractivity contribution in [2.45, 2.75) is 10.6 Å². The van der Waals surface area contributed by atoms with Crippen LogP contribution in [0.2, 0.25) is 0 Å². The summed E-state index contributed by atoms with van der Waals surface area (Å²) in [5.41, 5.74) is 6.17. The molecule has 2 rings (SSSR count). The van der Waals surface area contributed by atoms with Gasteiger partial charge in [0, 0.05) is 5.69 Å². The molecule has 0 aliphatic rings. The van der Waals surface area contributed by atoms with Crippen LogP contribution in [0.15, 0.2) is 47.4 Å². The van der Waals surface area contributed by atoms with Crippen LogP contribution in [0, 0.1) is 5.82 Å². The van der Waals surface area contributed by atoms with E-state index in [2.05, 4.69) is 0 Å². The summed E-state index contributed by atoms with van der Waals surface area (Å²) in [7, 11) is -2.16. The van der Waals surface area contributed by atoms with Gasteiger partial charge in [-0.2, -0.15) is 0 Å². The molecule has 2 aromatic carbocycles. The van der Waals surface area contributed by atoms with Crippen LogP contribution in [0.5, 0.6) is 5.75 Å². The quantitative estimate of drug-likeness (QED) is 0.879. The Labute approximate surface area is 116 Å². The third-order valence-corrected chi connectivity index (χ3v) is 4.51. The van der Waals surface area contributed by atoms with Gasteiger partial charge >= 0.3 is 0 Å². The molecule has 106 valence electrons. The van der Waals surface area contributed by atoms with Crippen molar-refractivity contribution in [2.75, 3.05) is 12.8 Å². The molecule has 0 fully saturated rings. The van der Waals surface area contributed by atoms with Crippen molar-refractivity contribution in [3.8, 4) is 5.75 Å². The van der Waals surface area contributed by atoms with Gasteiger partial charge < -0.3 is 10.5 Å². The van der Waals surface area contributed by atoms with Gasteiger partial charge in [-0.05, 0) is 42.0 Å². The van der Waals surface area contributed by atoms with E-state index in [1.54, 1.807) is 12.1 Å². The van der Waals surface area contributed by atoms with Gasteiger partial charge in [-0.3, -0.25) is 0 Å². The third kappa shape index (κ3) is 3.08. The minimum absolute atomic E-state index is 0.112. The van der Waals surface area contributed by atoms with Crippen LogP contribution >= 0.6 is 0 Å². The molecular weight excluding hydrogens is 281 g/mol. The first-order chi connectivity index (χ1) is 9.42. The second kappa shape index (κ2) is 5.50. The molecule has 6 heteroatoms. The van der Waals surface area contributed by atoms with Crippen LogP contribution in [0.4, 0.5) is 10.1 Å². The van der Waals surface area contributed by atoms with Gasteiger partial charge in [0.2, 0.25) is 0 Å². The molecule has 0 aromatic heterocycles. The second-order valence-electron chi connectivity index (χ2n) is 4.28. The lowest BCUT2D eigenvalue weighted by atomic mass is 10.2. The molecule has 0 bridgehead atoms. The lowest BCUT2D eigenvalue weighted by Gasteiger charge is -2.08. The highest BCUT2D eigenvalue weighted by Gasteiger charge is 2.18. The van der Waals surface area contributed by atoms with Crippen LogP contribution in [0.1, 0.15) is 5.56 Å². The highest BCUT2D eigenvalue weighted by atomic mass is 32.2. The summed E-state index contributed by atoms with van der Waals surface area (Å²) in [5.74, 6) is -0.433. The van der Waals surface area contributed by atoms with Gasteiger partial charge in [0.1, 0.15) is 11.6 Å². The van der Waals surface area contributed by atoms with E-state index in [1.807, 2.05) is 0 Å². The number of hydrogen-bond donors (Lipinski definition) is 1. The van der Waals surface area contributed by atoms with Crippen LogP contribution in [0.25, 0.3) is 0 Å². The normalized spacial score (nSPS) is 11.3. The van der Waals surface area contributed by atoms with Crippen LogP contribution in [-0.2, 0) is 15.6 Å². The van der Waals surface area contributed by atoms with E-state index in [-0.39, 0.29) is 21.9 Å². The minimum atomic E-state index is -3.61. The number of rotatable bonds is 4. The minimum Gasteiger partial charge on any atom is -0.497 e. The molecule has 0 saturated carbocycles. The van der Waals surface area contributed by atoms with Gasteiger partial charge in [0.05, 0.1) is 17.8 Å². The third-order valence-electron chi connectivity index (χ3n) is 2.85. The maximum Gasteiger partial charge on any atom is 0.182 e. The predicted octanol–water partition coefficient (Wildman–Crippen LogP) is 2.39. The number of hydrogen-bond acceptors (Lipinski definition) is 4. The van der Waals surface area contributed by atoms with Crippen molar-refractivity contribution in [2.24, 2.45) is 0 Å². The Balaban J connectivity index is 2.38. The van der Waals surface area contributed by atoms with Crippen molar-refractivity contribution in [3.63, 3.8) is 0 Å². The summed E-state index contributed by atoms with van der Waals surface area (Å²) in [6.07, 6.45) is 0. The summed E-state index contributed by atoms with van der Waals surface area (Å²) < 4.78 is 42.8. The summed E-state index contributed by atoms with van der Waals surface area (Å²) >= 11 is 0. The van der Waals surface area contributed by atoms with Gasteiger partial charge in [-0.15, -0.1) is 0 Å². The van der Waals surface area contributed by atoms with Crippen LogP contribution in [-0.4, -0.2) is 15.5 Å². The number of nitrogen functional groups attached to an aromatic ring is 1. The van der Waals surface area contributed by atoms with E-state index in [0.29, 0.717) is 5.75 Å². The highest BCUT2D eigenvalue weighted by molar-refractivity contribution is 7.90. The van der Waals surface area contributed by atoms with E-state index < -0.39 is 15.7 Å². The Morgan fingerprint density at radius 3 is 2.65 bits per heavy atom. The first-order valence-corrected chi connectivity index (χ1v) is 7.48. The van der Waals surface area contributed by atoms with Crippen molar-refractivity contribution in [1.82, 2.24) is 0 Å². The van der Waals surface area contributed by atoms with E-state index in [9.17, 15) is 12.8 Å². The maximum absolute atomic E-state index is 13.2. The number of halogens is 1. The van der Waals surface area contributed by atoms with Gasteiger partial charge in [-0.1, -0.05) is 6.07 Å². The second-order valence-corrected chi connectivity index (χ2v) is 6.27. The zero-order valence-electron chi connectivity index (χ0n) is 10.8. The lowest BCUT2D eigenvalue weighted by molar-refractivity contribution is 0.413. The van der Waals surface area contributed by atoms with Gasteiger partial charge in [-0.25, -0.2) is 12.8 Å². The predicted molar refractivity (Wildman–Crippen MR) is 74.7 cm³/mol. The summed E-state index contributed by atoms with van der Waals surface area (Å²) in [4.78, 5) is 0.112. The molecule has 0 unspecified atom stereocenters. The average molecular weight is 295 g/mol. The number of benzene rings is 2. The van der Waals surface area contributed by atoms with Crippen molar-refractivity contribution < 1.29 is 17.5 Å². The molecule has 20 heavy (non-hydrogen) atoms.